The second-order valence-electron chi connectivity index (χ2n) is 6.84. The molecule has 0 spiro atoms. The molecule has 2 unspecified atom stereocenters. The highest BCUT2D eigenvalue weighted by Gasteiger charge is 2.23. The van der Waals surface area contributed by atoms with Gasteiger partial charge < -0.3 is 10.6 Å². The van der Waals surface area contributed by atoms with E-state index < -0.39 is 10.0 Å². The molecule has 25 heavy (non-hydrogen) atoms. The minimum atomic E-state index is -3.48. The molecule has 1 aromatic rings. The first kappa shape index (κ1) is 19.9. The molecule has 1 amide bonds. The van der Waals surface area contributed by atoms with E-state index in [1.165, 1.54) is 7.05 Å². The van der Waals surface area contributed by atoms with Gasteiger partial charge in [-0.15, -0.1) is 0 Å². The fourth-order valence-electron chi connectivity index (χ4n) is 3.33. The number of amides is 1. The topological polar surface area (TPSA) is 87.3 Å². The van der Waals surface area contributed by atoms with Gasteiger partial charge in [-0.05, 0) is 69.4 Å². The van der Waals surface area contributed by atoms with Crippen LogP contribution in [0.2, 0.25) is 0 Å². The van der Waals surface area contributed by atoms with Gasteiger partial charge in [-0.2, -0.15) is 0 Å². The van der Waals surface area contributed by atoms with Crippen molar-refractivity contribution in [1.29, 1.82) is 0 Å². The number of hydrogen-bond acceptors (Lipinski definition) is 4. The van der Waals surface area contributed by atoms with Gasteiger partial charge in [0.25, 0.3) is 0 Å². The highest BCUT2D eigenvalue weighted by atomic mass is 32.2. The van der Waals surface area contributed by atoms with Crippen molar-refractivity contribution in [2.75, 3.05) is 20.1 Å². The Kier molecular flexibility index (Phi) is 6.98. The SMILES string of the molecule is CNS(=O)(=O)c1cccc(C(C)NC(=O)CC(C)C2CCNCC2)c1. The Morgan fingerprint density at radius 2 is 1.96 bits per heavy atom. The van der Waals surface area contributed by atoms with Gasteiger partial charge in [-0.25, -0.2) is 13.1 Å². The van der Waals surface area contributed by atoms with Crippen LogP contribution in [-0.2, 0) is 14.8 Å². The second kappa shape index (κ2) is 8.78. The molecule has 2 rings (SSSR count). The Morgan fingerprint density at radius 1 is 1.28 bits per heavy atom. The van der Waals surface area contributed by atoms with Crippen molar-refractivity contribution >= 4 is 15.9 Å². The number of nitrogens with one attached hydrogen (secondary N) is 3. The molecule has 0 aliphatic carbocycles. The van der Waals surface area contributed by atoms with E-state index in [1.807, 2.05) is 13.0 Å². The zero-order valence-electron chi connectivity index (χ0n) is 15.2. The third-order valence-electron chi connectivity index (χ3n) is 5.01. The van der Waals surface area contributed by atoms with Crippen LogP contribution in [0.25, 0.3) is 0 Å². The summed E-state index contributed by atoms with van der Waals surface area (Å²) in [6.07, 6.45) is 2.74. The molecule has 6 nitrogen and oxygen atoms in total. The summed E-state index contributed by atoms with van der Waals surface area (Å²) < 4.78 is 26.1. The molecule has 1 aromatic carbocycles. The highest BCUT2D eigenvalue weighted by Crippen LogP contribution is 2.25. The van der Waals surface area contributed by atoms with E-state index >= 15 is 0 Å². The molecule has 2 atom stereocenters. The lowest BCUT2D eigenvalue weighted by atomic mass is 9.84. The Labute approximate surface area is 150 Å². The molecule has 3 N–H and O–H groups in total. The molecule has 7 heteroatoms. The zero-order valence-corrected chi connectivity index (χ0v) is 16.0. The summed E-state index contributed by atoms with van der Waals surface area (Å²) in [5.41, 5.74) is 0.777. The summed E-state index contributed by atoms with van der Waals surface area (Å²) in [4.78, 5) is 12.6. The summed E-state index contributed by atoms with van der Waals surface area (Å²) in [6.45, 7) is 6.07. The normalized spacial score (nSPS) is 18.5. The minimum Gasteiger partial charge on any atom is -0.350 e. The van der Waals surface area contributed by atoms with Gasteiger partial charge >= 0.3 is 0 Å². The number of piperidine rings is 1. The number of carbonyl (C=O) groups excluding carboxylic acids is 1. The standard InChI is InChI=1S/C18H29N3O3S/c1-13(15-7-9-20-10-8-15)11-18(22)21-14(2)16-5-4-6-17(12-16)25(23,24)19-3/h4-6,12-15,19-20H,7-11H2,1-3H3,(H,21,22). The van der Waals surface area contributed by atoms with Crippen LogP contribution in [0.3, 0.4) is 0 Å². The fourth-order valence-corrected chi connectivity index (χ4v) is 4.11. The van der Waals surface area contributed by atoms with E-state index in [2.05, 4.69) is 22.3 Å². The maximum atomic E-state index is 12.4. The largest absolute Gasteiger partial charge is 0.350 e. The van der Waals surface area contributed by atoms with Gasteiger partial charge in [0.05, 0.1) is 10.9 Å². The van der Waals surface area contributed by atoms with Crippen molar-refractivity contribution in [2.24, 2.45) is 11.8 Å². The molecule has 1 fully saturated rings. The van der Waals surface area contributed by atoms with Crippen LogP contribution < -0.4 is 15.4 Å². The lowest BCUT2D eigenvalue weighted by molar-refractivity contribution is -0.123. The van der Waals surface area contributed by atoms with E-state index in [0.717, 1.165) is 31.5 Å². The molecule has 0 bridgehead atoms. The van der Waals surface area contributed by atoms with Crippen LogP contribution in [0.5, 0.6) is 0 Å². The van der Waals surface area contributed by atoms with Crippen molar-refractivity contribution in [3.8, 4) is 0 Å². The van der Waals surface area contributed by atoms with Crippen LogP contribution in [0.15, 0.2) is 29.2 Å². The summed E-state index contributed by atoms with van der Waals surface area (Å²) in [7, 11) is -2.10. The molecule has 0 aromatic heterocycles. The summed E-state index contributed by atoms with van der Waals surface area (Å²) in [6, 6.07) is 6.44. The highest BCUT2D eigenvalue weighted by molar-refractivity contribution is 7.89. The predicted octanol–water partition coefficient (Wildman–Crippen LogP) is 1.80. The molecule has 140 valence electrons. The first-order chi connectivity index (χ1) is 11.8. The van der Waals surface area contributed by atoms with Crippen LogP contribution in [0.4, 0.5) is 0 Å². The maximum absolute atomic E-state index is 12.4. The predicted molar refractivity (Wildman–Crippen MR) is 98.6 cm³/mol. The van der Waals surface area contributed by atoms with Crippen molar-refractivity contribution in [3.05, 3.63) is 29.8 Å². The van der Waals surface area contributed by atoms with Gasteiger partial charge in [0.1, 0.15) is 0 Å². The fraction of sp³-hybridized carbons (Fsp3) is 0.611. The minimum absolute atomic E-state index is 0.0143. The molecular formula is C18H29N3O3S. The molecule has 0 radical (unpaired) electrons. The van der Waals surface area contributed by atoms with Crippen molar-refractivity contribution in [1.82, 2.24) is 15.4 Å². The number of sulfonamides is 1. The van der Waals surface area contributed by atoms with E-state index in [1.54, 1.807) is 18.2 Å². The summed E-state index contributed by atoms with van der Waals surface area (Å²) in [5.74, 6) is 0.956. The van der Waals surface area contributed by atoms with Gasteiger partial charge in [-0.3, -0.25) is 4.79 Å². The average Bonchev–Trinajstić information content (AvgIpc) is 2.62. The van der Waals surface area contributed by atoms with Gasteiger partial charge in [0, 0.05) is 6.42 Å². The van der Waals surface area contributed by atoms with Crippen LogP contribution in [-0.4, -0.2) is 34.5 Å². The summed E-state index contributed by atoms with van der Waals surface area (Å²) in [5, 5.41) is 6.34. The smallest absolute Gasteiger partial charge is 0.240 e. The number of carbonyl (C=O) groups is 1. The van der Waals surface area contributed by atoms with Crippen LogP contribution in [0.1, 0.15) is 44.7 Å². The molecule has 1 saturated heterocycles. The molecule has 1 aliphatic rings. The van der Waals surface area contributed by atoms with Gasteiger partial charge in [0.2, 0.25) is 15.9 Å². The number of hydrogen-bond donors (Lipinski definition) is 3. The zero-order chi connectivity index (χ0) is 18.4. The monoisotopic (exact) mass is 367 g/mol. The number of rotatable bonds is 7. The lowest BCUT2D eigenvalue weighted by Gasteiger charge is -2.28. The first-order valence-electron chi connectivity index (χ1n) is 8.87. The molecule has 1 heterocycles. The van der Waals surface area contributed by atoms with Crippen LogP contribution in [0, 0.1) is 11.8 Å². The number of benzene rings is 1. The third-order valence-corrected chi connectivity index (χ3v) is 6.42. The average molecular weight is 368 g/mol. The van der Waals surface area contributed by atoms with Gasteiger partial charge in [-0.1, -0.05) is 19.1 Å². The first-order valence-corrected chi connectivity index (χ1v) is 10.4. The van der Waals surface area contributed by atoms with Gasteiger partial charge in [0.15, 0.2) is 0 Å². The van der Waals surface area contributed by atoms with E-state index in [4.69, 9.17) is 0 Å². The van der Waals surface area contributed by atoms with Crippen molar-refractivity contribution in [2.45, 2.75) is 44.0 Å². The van der Waals surface area contributed by atoms with Crippen LogP contribution >= 0.6 is 0 Å². The van der Waals surface area contributed by atoms with E-state index in [0.29, 0.717) is 18.3 Å². The maximum Gasteiger partial charge on any atom is 0.240 e. The third kappa shape index (κ3) is 5.52. The van der Waals surface area contributed by atoms with Crippen molar-refractivity contribution in [3.63, 3.8) is 0 Å². The Morgan fingerprint density at radius 3 is 2.60 bits per heavy atom. The Bertz CT molecular complexity index is 685. The molecule has 1 aliphatic heterocycles. The summed E-state index contributed by atoms with van der Waals surface area (Å²) >= 11 is 0. The van der Waals surface area contributed by atoms with E-state index in [-0.39, 0.29) is 16.8 Å². The lowest BCUT2D eigenvalue weighted by Crippen LogP contribution is -2.34. The molecule has 0 saturated carbocycles. The Hall–Kier alpha value is -1.44. The second-order valence-corrected chi connectivity index (χ2v) is 8.72. The Balaban J connectivity index is 1.95. The van der Waals surface area contributed by atoms with E-state index in [9.17, 15) is 13.2 Å². The van der Waals surface area contributed by atoms with Crippen molar-refractivity contribution < 1.29 is 13.2 Å². The quantitative estimate of drug-likeness (QED) is 0.686. The molecular weight excluding hydrogens is 338 g/mol.